The summed E-state index contributed by atoms with van der Waals surface area (Å²) in [5.74, 6) is 1.65. The molecular weight excluding hydrogens is 408 g/mol. The van der Waals surface area contributed by atoms with Crippen LogP contribution in [0.15, 0.2) is 76.8 Å². The summed E-state index contributed by atoms with van der Waals surface area (Å²) in [6.45, 7) is 1.81. The lowest BCUT2D eigenvalue weighted by Crippen LogP contribution is -2.21. The number of methoxy groups -OCH3 is 4. The normalized spacial score (nSPS) is 18.4. The van der Waals surface area contributed by atoms with E-state index in [9.17, 15) is 9.59 Å². The van der Waals surface area contributed by atoms with E-state index in [1.807, 2.05) is 25.1 Å². The number of Topliss-reactive ketones (excluding diaryl/α,β-unsaturated/α-hetero) is 1. The Morgan fingerprint density at radius 2 is 1.88 bits per heavy atom. The zero-order valence-corrected chi connectivity index (χ0v) is 19.0. The average Bonchev–Trinajstić information content (AvgIpc) is 3.63. The third-order valence-corrected chi connectivity index (χ3v) is 5.67. The minimum atomic E-state index is -0.648. The quantitative estimate of drug-likeness (QED) is 0.221. The van der Waals surface area contributed by atoms with Crippen molar-refractivity contribution in [3.63, 3.8) is 0 Å². The zero-order valence-electron chi connectivity index (χ0n) is 19.0. The second kappa shape index (κ2) is 10.2. The zero-order chi connectivity index (χ0) is 23.3. The van der Waals surface area contributed by atoms with E-state index in [0.717, 1.165) is 23.2 Å². The molecule has 32 heavy (non-hydrogen) atoms. The molecule has 0 saturated heterocycles. The Bertz CT molecular complexity index is 1050. The lowest BCUT2D eigenvalue weighted by molar-refractivity contribution is -0.117. The van der Waals surface area contributed by atoms with E-state index in [4.69, 9.17) is 18.9 Å². The van der Waals surface area contributed by atoms with Gasteiger partial charge < -0.3 is 23.7 Å². The van der Waals surface area contributed by atoms with Crippen molar-refractivity contribution in [3.05, 3.63) is 82.4 Å². The minimum Gasteiger partial charge on any atom is -0.497 e. The van der Waals surface area contributed by atoms with E-state index in [1.165, 1.54) is 7.11 Å². The Kier molecular flexibility index (Phi) is 7.36. The molecule has 0 amide bonds. The number of benzene rings is 1. The number of aldehydes is 1. The van der Waals surface area contributed by atoms with Gasteiger partial charge in [0.25, 0.3) is 0 Å². The van der Waals surface area contributed by atoms with Crippen LogP contribution < -0.4 is 9.47 Å². The molecule has 0 radical (unpaired) electrons. The monoisotopic (exact) mass is 436 g/mol. The largest absolute Gasteiger partial charge is 0.497 e. The first kappa shape index (κ1) is 23.1. The molecule has 0 spiro atoms. The van der Waals surface area contributed by atoms with Crippen molar-refractivity contribution in [1.82, 2.24) is 0 Å². The molecule has 0 heterocycles. The number of carbonyl (C=O) groups excluding carboxylic acids is 2. The van der Waals surface area contributed by atoms with Gasteiger partial charge in [0.15, 0.2) is 5.78 Å². The highest BCUT2D eigenvalue weighted by atomic mass is 16.5. The van der Waals surface area contributed by atoms with E-state index in [2.05, 4.69) is 6.08 Å². The number of ether oxygens (including phenoxy) is 4. The maximum absolute atomic E-state index is 13.9. The second-order valence-electron chi connectivity index (χ2n) is 7.34. The first-order chi connectivity index (χ1) is 15.5. The average molecular weight is 437 g/mol. The highest BCUT2D eigenvalue weighted by molar-refractivity contribution is 6.05. The second-order valence-corrected chi connectivity index (χ2v) is 7.34. The van der Waals surface area contributed by atoms with Gasteiger partial charge in [0.2, 0.25) is 0 Å². The molecule has 2 atom stereocenters. The van der Waals surface area contributed by atoms with Gasteiger partial charge in [-0.1, -0.05) is 18.2 Å². The molecule has 0 unspecified atom stereocenters. The van der Waals surface area contributed by atoms with E-state index in [-0.39, 0.29) is 18.1 Å². The maximum atomic E-state index is 13.9. The van der Waals surface area contributed by atoms with Gasteiger partial charge in [-0.3, -0.25) is 4.79 Å². The van der Waals surface area contributed by atoms with Gasteiger partial charge in [-0.2, -0.15) is 0 Å². The Balaban J connectivity index is 2.15. The lowest BCUT2D eigenvalue weighted by atomic mass is 9.78. The van der Waals surface area contributed by atoms with Gasteiger partial charge in [0.05, 0.1) is 34.4 Å². The molecule has 0 saturated carbocycles. The van der Waals surface area contributed by atoms with E-state index >= 15 is 0 Å². The number of fused-ring (bicyclic) bond motifs is 1. The van der Waals surface area contributed by atoms with Crippen molar-refractivity contribution in [2.75, 3.05) is 28.4 Å². The fourth-order valence-corrected chi connectivity index (χ4v) is 3.94. The van der Waals surface area contributed by atoms with Crippen molar-refractivity contribution in [1.29, 1.82) is 0 Å². The van der Waals surface area contributed by atoms with Crippen molar-refractivity contribution >= 4 is 12.1 Å². The number of hydrogen-bond acceptors (Lipinski definition) is 6. The molecule has 1 aromatic carbocycles. The fourth-order valence-electron chi connectivity index (χ4n) is 3.94. The Labute approximate surface area is 188 Å². The number of rotatable bonds is 11. The van der Waals surface area contributed by atoms with Crippen LogP contribution in [0, 0.1) is 5.92 Å². The van der Waals surface area contributed by atoms with Crippen LogP contribution in [-0.2, 0) is 19.1 Å². The molecule has 6 nitrogen and oxygen atoms in total. The Morgan fingerprint density at radius 3 is 2.47 bits per heavy atom. The lowest BCUT2D eigenvalue weighted by Gasteiger charge is -2.25. The minimum absolute atomic E-state index is 0.0109. The predicted molar refractivity (Wildman–Crippen MR) is 122 cm³/mol. The molecule has 6 heteroatoms. The summed E-state index contributed by atoms with van der Waals surface area (Å²) < 4.78 is 21.7. The van der Waals surface area contributed by atoms with E-state index in [0.29, 0.717) is 28.4 Å². The van der Waals surface area contributed by atoms with Gasteiger partial charge in [-0.05, 0) is 36.8 Å². The van der Waals surface area contributed by atoms with Crippen molar-refractivity contribution in [2.45, 2.75) is 19.3 Å². The molecule has 0 bridgehead atoms. The van der Waals surface area contributed by atoms with Crippen LogP contribution in [0.4, 0.5) is 0 Å². The van der Waals surface area contributed by atoms with Crippen LogP contribution in [0.5, 0.6) is 11.5 Å². The van der Waals surface area contributed by atoms with Gasteiger partial charge in [-0.15, -0.1) is 0 Å². The number of carbonyl (C=O) groups is 2. The SMILES string of the molecule is C/C=C(\C=C(/CC=O)C(=O)[C@H](C1=CC=C(OC)C2=C[C@@H]21)c1ccc(OC)cc1OC)OC. The summed E-state index contributed by atoms with van der Waals surface area (Å²) in [6, 6.07) is 5.39. The van der Waals surface area contributed by atoms with E-state index < -0.39 is 5.92 Å². The first-order valence-corrected chi connectivity index (χ1v) is 10.3. The van der Waals surface area contributed by atoms with Gasteiger partial charge >= 0.3 is 0 Å². The van der Waals surface area contributed by atoms with Crippen LogP contribution in [0.2, 0.25) is 0 Å². The fraction of sp³-hybridized carbons (Fsp3) is 0.308. The van der Waals surface area contributed by atoms with Crippen LogP contribution in [0.25, 0.3) is 0 Å². The molecule has 0 fully saturated rings. The molecule has 0 aliphatic heterocycles. The summed E-state index contributed by atoms with van der Waals surface area (Å²) in [5.41, 5.74) is 3.03. The Morgan fingerprint density at radius 1 is 1.09 bits per heavy atom. The number of allylic oxidation sites excluding steroid dienone is 8. The highest BCUT2D eigenvalue weighted by Crippen LogP contribution is 2.51. The third kappa shape index (κ3) is 4.54. The summed E-state index contributed by atoms with van der Waals surface area (Å²) in [4.78, 5) is 25.4. The Hall–Kier alpha value is -3.54. The van der Waals surface area contributed by atoms with Gasteiger partial charge in [-0.25, -0.2) is 0 Å². The molecule has 1 aromatic rings. The molecule has 0 aromatic heterocycles. The van der Waals surface area contributed by atoms with Crippen LogP contribution >= 0.6 is 0 Å². The standard InChI is InChI=1S/C26H28O6/c1-6-17(29-2)13-16(11-12-27)26(28)25(19-9-10-23(31-4)22-15-21(19)22)20-8-7-18(30-3)14-24(20)32-5/h6-10,12-15,21,25H,11H2,1-5H3/b16-13+,17-6+/t21-,25-/m1/s1. The van der Waals surface area contributed by atoms with E-state index in [1.54, 1.807) is 45.6 Å². The molecule has 168 valence electrons. The summed E-state index contributed by atoms with van der Waals surface area (Å²) in [5, 5.41) is 0. The maximum Gasteiger partial charge on any atom is 0.171 e. The number of hydrogen-bond donors (Lipinski definition) is 0. The van der Waals surface area contributed by atoms with Gasteiger partial charge in [0.1, 0.15) is 29.3 Å². The van der Waals surface area contributed by atoms with Crippen molar-refractivity contribution in [2.24, 2.45) is 5.92 Å². The van der Waals surface area contributed by atoms with Crippen LogP contribution in [0.1, 0.15) is 24.8 Å². The van der Waals surface area contributed by atoms with Crippen molar-refractivity contribution < 1.29 is 28.5 Å². The summed E-state index contributed by atoms with van der Waals surface area (Å²) in [7, 11) is 6.29. The first-order valence-electron chi connectivity index (χ1n) is 10.3. The molecule has 2 aliphatic carbocycles. The molecule has 3 rings (SSSR count). The molecular formula is C26H28O6. The third-order valence-electron chi connectivity index (χ3n) is 5.67. The van der Waals surface area contributed by atoms with Crippen molar-refractivity contribution in [3.8, 4) is 11.5 Å². The molecule has 0 N–H and O–H groups in total. The van der Waals surface area contributed by atoms with Crippen LogP contribution in [0.3, 0.4) is 0 Å². The summed E-state index contributed by atoms with van der Waals surface area (Å²) in [6.07, 6.45) is 9.95. The van der Waals surface area contributed by atoms with Gasteiger partial charge in [0, 0.05) is 35.1 Å². The summed E-state index contributed by atoms with van der Waals surface area (Å²) >= 11 is 0. The predicted octanol–water partition coefficient (Wildman–Crippen LogP) is 4.45. The highest BCUT2D eigenvalue weighted by Gasteiger charge is 2.41. The number of ketones is 1. The molecule has 2 aliphatic rings. The van der Waals surface area contributed by atoms with Crippen LogP contribution in [-0.4, -0.2) is 40.5 Å². The topological polar surface area (TPSA) is 71.1 Å². The smallest absolute Gasteiger partial charge is 0.171 e.